The predicted molar refractivity (Wildman–Crippen MR) is 284 cm³/mol. The lowest BCUT2D eigenvalue weighted by molar-refractivity contribution is -0.376. The summed E-state index contributed by atoms with van der Waals surface area (Å²) in [6.07, 6.45) is -15.9. The predicted octanol–water partition coefficient (Wildman–Crippen LogP) is 1.53. The highest BCUT2D eigenvalue weighted by Crippen LogP contribution is 2.77. The fourth-order valence-electron chi connectivity index (χ4n) is 17.0. The van der Waals surface area contributed by atoms with Crippen LogP contribution in [-0.4, -0.2) is 215 Å². The van der Waals surface area contributed by atoms with Crippen molar-refractivity contribution in [2.45, 2.75) is 236 Å². The first-order valence-electron chi connectivity index (χ1n) is 29.1. The fraction of sp³-hybridized carbons (Fsp3) is 0.895. The van der Waals surface area contributed by atoms with E-state index in [-0.39, 0.29) is 48.8 Å². The molecule has 9 N–H and O–H groups in total. The first-order chi connectivity index (χ1) is 38.4. The minimum absolute atomic E-state index is 0.00348. The number of ether oxygens (including phenoxy) is 10. The smallest absolute Gasteiger partial charge is 0.397 e. The Bertz CT molecular complexity index is 2470. The van der Waals surface area contributed by atoms with E-state index < -0.39 is 174 Å². The van der Waals surface area contributed by atoms with Crippen molar-refractivity contribution < 1.29 is 115 Å². The number of allylic oxidation sites excluding steroid dienone is 4. The molecular weight excluding hydrogens is 1100 g/mol. The number of hydrogen-bond acceptors (Lipinski definition) is 23. The molecule has 0 aromatic heterocycles. The lowest BCUT2D eigenvalue weighted by atomic mass is 9.41. The monoisotopic (exact) mass is 1190 g/mol. The summed E-state index contributed by atoms with van der Waals surface area (Å²) in [7, 11) is -3.84. The van der Waals surface area contributed by atoms with E-state index in [1.165, 1.54) is 26.5 Å². The van der Waals surface area contributed by atoms with Gasteiger partial charge in [-0.1, -0.05) is 51.0 Å². The summed E-state index contributed by atoms with van der Waals surface area (Å²) in [6.45, 7) is 16.0. The molecule has 4 saturated carbocycles. The van der Waals surface area contributed by atoms with E-state index in [4.69, 9.17) is 51.6 Å². The second kappa shape index (κ2) is 24.0. The van der Waals surface area contributed by atoms with Gasteiger partial charge in [0.15, 0.2) is 18.9 Å². The normalized spacial score (nSPS) is 49.1. The third-order valence-corrected chi connectivity index (χ3v) is 21.5. The van der Waals surface area contributed by atoms with Crippen LogP contribution in [0.2, 0.25) is 0 Å². The molecule has 0 radical (unpaired) electrons. The summed E-state index contributed by atoms with van der Waals surface area (Å²) in [5, 5.41) is 88.7. The molecule has 25 heteroatoms. The second-order valence-electron chi connectivity index (χ2n) is 26.5. The summed E-state index contributed by atoms with van der Waals surface area (Å²) in [6, 6.07) is 0. The van der Waals surface area contributed by atoms with Crippen molar-refractivity contribution in [1.82, 2.24) is 0 Å². The Labute approximate surface area is 480 Å². The third-order valence-electron chi connectivity index (χ3n) is 21.0. The molecule has 0 amide bonds. The summed E-state index contributed by atoms with van der Waals surface area (Å²) in [5.74, 6) is -2.24. The van der Waals surface area contributed by atoms with Gasteiger partial charge in [0.25, 0.3) is 0 Å². The van der Waals surface area contributed by atoms with E-state index in [1.54, 1.807) is 0 Å². The maximum Gasteiger partial charge on any atom is 0.397 e. The zero-order chi connectivity index (χ0) is 60.0. The number of rotatable bonds is 17. The number of methoxy groups -OCH3 is 1. The van der Waals surface area contributed by atoms with Crippen LogP contribution in [0.1, 0.15) is 120 Å². The van der Waals surface area contributed by atoms with Crippen molar-refractivity contribution >= 4 is 22.3 Å². The van der Waals surface area contributed by atoms with Crippen LogP contribution in [0.25, 0.3) is 0 Å². The zero-order valence-electron chi connectivity index (χ0n) is 48.7. The molecule has 1 spiro atoms. The van der Waals surface area contributed by atoms with Crippen molar-refractivity contribution in [1.29, 1.82) is 0 Å². The minimum Gasteiger partial charge on any atom is -0.462 e. The summed E-state index contributed by atoms with van der Waals surface area (Å²) < 4.78 is 99.3. The van der Waals surface area contributed by atoms with E-state index in [2.05, 4.69) is 39.8 Å². The Morgan fingerprint density at radius 2 is 1.48 bits per heavy atom. The van der Waals surface area contributed by atoms with E-state index in [9.17, 15) is 63.4 Å². The van der Waals surface area contributed by atoms with Crippen LogP contribution >= 0.6 is 0 Å². The van der Waals surface area contributed by atoms with Crippen molar-refractivity contribution in [3.8, 4) is 0 Å². The van der Waals surface area contributed by atoms with Crippen molar-refractivity contribution in [3.05, 3.63) is 23.3 Å². The topological polar surface area (TPSA) is 352 Å². The van der Waals surface area contributed by atoms with Crippen LogP contribution in [-0.2, 0) is 71.5 Å². The van der Waals surface area contributed by atoms with Crippen LogP contribution in [0.4, 0.5) is 0 Å². The molecular formula is C57H90O24S. The molecule has 24 nitrogen and oxygen atoms in total. The maximum absolute atomic E-state index is 14.7. The summed E-state index contributed by atoms with van der Waals surface area (Å²) in [4.78, 5) is 27.4. The van der Waals surface area contributed by atoms with Crippen molar-refractivity contribution in [2.24, 2.45) is 51.2 Å². The van der Waals surface area contributed by atoms with Crippen molar-refractivity contribution in [2.75, 3.05) is 33.5 Å². The number of aliphatic hydroxyl groups excluding tert-OH is 8. The Morgan fingerprint density at radius 1 is 0.793 bits per heavy atom. The average Bonchev–Trinajstić information content (AvgIpc) is 1.65. The molecule has 82 heavy (non-hydrogen) atoms. The molecule has 9 rings (SSSR count). The molecule has 4 aliphatic heterocycles. The van der Waals surface area contributed by atoms with Crippen LogP contribution in [0, 0.1) is 51.2 Å². The number of carbonyl (C=O) groups is 2. The van der Waals surface area contributed by atoms with E-state index in [0.29, 0.717) is 51.4 Å². The van der Waals surface area contributed by atoms with Gasteiger partial charge in [-0.15, -0.1) is 0 Å². The molecule has 27 atom stereocenters. The Morgan fingerprint density at radius 3 is 2.13 bits per heavy atom. The van der Waals surface area contributed by atoms with E-state index in [1.807, 2.05) is 20.8 Å². The van der Waals surface area contributed by atoms with Gasteiger partial charge < -0.3 is 88.2 Å². The lowest BCUT2D eigenvalue weighted by Crippen LogP contribution is -2.65. The van der Waals surface area contributed by atoms with Gasteiger partial charge in [0.05, 0.1) is 55.6 Å². The van der Waals surface area contributed by atoms with E-state index >= 15 is 0 Å². The van der Waals surface area contributed by atoms with Gasteiger partial charge in [-0.05, 0) is 108 Å². The number of fused-ring (bicyclic) bond motifs is 4. The molecule has 9 aliphatic rings. The van der Waals surface area contributed by atoms with Gasteiger partial charge in [-0.2, -0.15) is 8.42 Å². The Balaban J connectivity index is 0.896. The maximum atomic E-state index is 14.7. The van der Waals surface area contributed by atoms with Gasteiger partial charge in [-0.25, -0.2) is 4.18 Å². The molecule has 0 bridgehead atoms. The number of aliphatic hydroxyl groups is 8. The summed E-state index contributed by atoms with van der Waals surface area (Å²) in [5.41, 5.74) is -0.977. The molecule has 5 unspecified atom stereocenters. The quantitative estimate of drug-likeness (QED) is 0.0566. The largest absolute Gasteiger partial charge is 0.462 e. The standard InChI is InChI=1S/C57H90O24S/c1-26(2)12-11-17-56(9)48-34(76-28(4)59)21-55(8)32-13-14-36-53(5,6)37(16-18-54(36,7)31(32)15-19-57(48,55)52(67)80-56)77-51-47(40(63)35(25-74-51)81-82(68,69)70)79-50-42(65)41(64)44(27(3)75-50)78-49-43(66)45(33(60)24-73-49)72-23-30-20-29(22-58)38(61)46(71-10)39(30)62/h12-13,27,29-31,33-51,58,60-66H,11,14-25H2,1-10H3,(H,68,69,70)/t27-,29-,30+,31?,33-,34?,35-,36?,37?,38-,39+,40+,41-,42-,43-,44-,45+,46+,47-,48-,49+,50+,51+,54+,55+,56+,57?/m1/s1. The molecule has 8 fully saturated rings. The van der Waals surface area contributed by atoms with Crippen LogP contribution in [0.15, 0.2) is 23.3 Å². The number of esters is 2. The molecule has 0 aromatic carbocycles. The third kappa shape index (κ3) is 11.3. The summed E-state index contributed by atoms with van der Waals surface area (Å²) >= 11 is 0. The van der Waals surface area contributed by atoms with Gasteiger partial charge >= 0.3 is 22.3 Å². The second-order valence-corrected chi connectivity index (χ2v) is 27.6. The minimum atomic E-state index is -5.15. The molecule has 5 aliphatic carbocycles. The molecule has 468 valence electrons. The van der Waals surface area contributed by atoms with Crippen molar-refractivity contribution in [3.63, 3.8) is 0 Å². The number of cyclic esters (lactones) is 1. The highest BCUT2D eigenvalue weighted by atomic mass is 32.3. The molecule has 4 saturated heterocycles. The molecule has 4 heterocycles. The zero-order valence-corrected chi connectivity index (χ0v) is 49.5. The molecule has 0 aromatic rings. The highest BCUT2D eigenvalue weighted by molar-refractivity contribution is 7.80. The van der Waals surface area contributed by atoms with Gasteiger partial charge in [0, 0.05) is 37.9 Å². The van der Waals surface area contributed by atoms with Gasteiger partial charge in [0.1, 0.15) is 72.7 Å². The highest BCUT2D eigenvalue weighted by Gasteiger charge is 2.79. The van der Waals surface area contributed by atoms with Crippen LogP contribution in [0.3, 0.4) is 0 Å². The lowest BCUT2D eigenvalue weighted by Gasteiger charge is -2.64. The van der Waals surface area contributed by atoms with Gasteiger partial charge in [0.2, 0.25) is 0 Å². The Hall–Kier alpha value is -2.35. The number of carbonyl (C=O) groups excluding carboxylic acids is 2. The average molecular weight is 1190 g/mol. The first-order valence-corrected chi connectivity index (χ1v) is 30.5. The van der Waals surface area contributed by atoms with Crippen LogP contribution in [0.5, 0.6) is 0 Å². The van der Waals surface area contributed by atoms with E-state index in [0.717, 1.165) is 5.57 Å². The SMILES string of the molecule is CO[C@H]1[C@H](O)[C@@H](CO)C[C@@H](CO[C@@H]2[C@@H](O)[C@H](O[C@H]3[C@H](O)[C@@H](O)[C@H](O[C@H]4[C@H](OC5CC[C@@]6(C)C7CCC89C(=O)O[C@@](C)(CCC=C(C)C)[C@H]8C(OC(C)=O)C[C@@]9(C)C7=CCC6C5(C)C)OC[C@@H](OS(=O)(=O)O)[C@@H]4O)O[C@@H]3C)OC[C@H]2O)[C@@H]1O. The fourth-order valence-corrected chi connectivity index (χ4v) is 17.5. The first kappa shape index (κ1) is 64.1. The van der Waals surface area contributed by atoms with Crippen LogP contribution < -0.4 is 0 Å². The Kier molecular flexibility index (Phi) is 18.7. The number of hydrogen-bond donors (Lipinski definition) is 9. The van der Waals surface area contributed by atoms with Gasteiger partial charge in [-0.3, -0.25) is 14.1 Å².